The van der Waals surface area contributed by atoms with Gasteiger partial charge in [0.2, 0.25) is 0 Å². The molecule has 1 aromatic heterocycles. The second kappa shape index (κ2) is 7.58. The van der Waals surface area contributed by atoms with Gasteiger partial charge in [0.05, 0.1) is 14.2 Å². The van der Waals surface area contributed by atoms with E-state index in [1.807, 2.05) is 22.9 Å². The maximum Gasteiger partial charge on any atom is 0.161 e. The van der Waals surface area contributed by atoms with Crippen LogP contribution in [0.2, 0.25) is 0 Å². The van der Waals surface area contributed by atoms with Crippen LogP contribution in [0.25, 0.3) is 0 Å². The molecule has 0 amide bonds. The summed E-state index contributed by atoms with van der Waals surface area (Å²) in [5.74, 6) is 2.25. The molecule has 0 saturated heterocycles. The predicted octanol–water partition coefficient (Wildman–Crippen LogP) is 1.02. The van der Waals surface area contributed by atoms with Gasteiger partial charge in [-0.15, -0.1) is 5.10 Å². The predicted molar refractivity (Wildman–Crippen MR) is 78.5 cm³/mol. The van der Waals surface area contributed by atoms with Crippen molar-refractivity contribution in [3.8, 4) is 11.5 Å². The highest BCUT2D eigenvalue weighted by atomic mass is 16.5. The van der Waals surface area contributed by atoms with Crippen LogP contribution in [0.3, 0.4) is 0 Å². The number of rotatable bonds is 8. The lowest BCUT2D eigenvalue weighted by atomic mass is 10.1. The number of tetrazole rings is 1. The first-order chi connectivity index (χ1) is 10.3. The Kier molecular flexibility index (Phi) is 5.51. The molecule has 1 aromatic carbocycles. The molecule has 21 heavy (non-hydrogen) atoms. The van der Waals surface area contributed by atoms with Gasteiger partial charge in [-0.05, 0) is 47.5 Å². The number of nitrogens with zero attached hydrogens (tertiary/aromatic N) is 4. The second-order valence-electron chi connectivity index (χ2n) is 4.68. The van der Waals surface area contributed by atoms with Gasteiger partial charge in [0.1, 0.15) is 0 Å². The summed E-state index contributed by atoms with van der Waals surface area (Å²) in [6.07, 6.45) is 2.59. The minimum Gasteiger partial charge on any atom is -0.493 e. The zero-order valence-electron chi connectivity index (χ0n) is 12.5. The summed E-state index contributed by atoms with van der Waals surface area (Å²) in [4.78, 5) is 0. The lowest BCUT2D eigenvalue weighted by Crippen LogP contribution is -2.08. The molecule has 114 valence electrons. The molecular weight excluding hydrogens is 270 g/mol. The van der Waals surface area contributed by atoms with E-state index in [1.165, 1.54) is 0 Å². The van der Waals surface area contributed by atoms with E-state index in [4.69, 9.17) is 15.2 Å². The largest absolute Gasteiger partial charge is 0.493 e. The summed E-state index contributed by atoms with van der Waals surface area (Å²) in [6.45, 7) is 1.47. The number of aromatic nitrogens is 4. The third-order valence-electron chi connectivity index (χ3n) is 3.24. The number of aryl methyl sites for hydroxylation is 1. The SMILES string of the molecule is COc1ccc(Cc2nnnn2CCCCN)cc1OC. The number of hydrogen-bond donors (Lipinski definition) is 1. The Morgan fingerprint density at radius 2 is 1.95 bits per heavy atom. The van der Waals surface area contributed by atoms with E-state index in [2.05, 4.69) is 15.5 Å². The van der Waals surface area contributed by atoms with Crippen molar-refractivity contribution < 1.29 is 9.47 Å². The van der Waals surface area contributed by atoms with Gasteiger partial charge in [-0.2, -0.15) is 0 Å². The Morgan fingerprint density at radius 3 is 2.67 bits per heavy atom. The molecule has 7 heteroatoms. The summed E-state index contributed by atoms with van der Waals surface area (Å²) >= 11 is 0. The van der Waals surface area contributed by atoms with Crippen molar-refractivity contribution in [2.75, 3.05) is 20.8 Å². The fourth-order valence-corrected chi connectivity index (χ4v) is 2.10. The molecule has 0 atom stereocenters. The Hall–Kier alpha value is -2.15. The number of methoxy groups -OCH3 is 2. The van der Waals surface area contributed by atoms with Crippen molar-refractivity contribution >= 4 is 0 Å². The smallest absolute Gasteiger partial charge is 0.161 e. The zero-order chi connectivity index (χ0) is 15.1. The normalized spacial score (nSPS) is 10.6. The molecule has 0 saturated carbocycles. The summed E-state index contributed by atoms with van der Waals surface area (Å²) in [7, 11) is 3.24. The number of ether oxygens (including phenoxy) is 2. The van der Waals surface area contributed by atoms with E-state index >= 15 is 0 Å². The van der Waals surface area contributed by atoms with Gasteiger partial charge in [0, 0.05) is 13.0 Å². The second-order valence-corrected chi connectivity index (χ2v) is 4.68. The fourth-order valence-electron chi connectivity index (χ4n) is 2.10. The molecule has 0 bridgehead atoms. The molecule has 0 radical (unpaired) electrons. The van der Waals surface area contributed by atoms with Crippen molar-refractivity contribution in [3.63, 3.8) is 0 Å². The van der Waals surface area contributed by atoms with E-state index in [9.17, 15) is 0 Å². The van der Waals surface area contributed by atoms with Crippen molar-refractivity contribution in [3.05, 3.63) is 29.6 Å². The van der Waals surface area contributed by atoms with Crippen LogP contribution in [-0.2, 0) is 13.0 Å². The first-order valence-corrected chi connectivity index (χ1v) is 6.94. The van der Waals surface area contributed by atoms with Gasteiger partial charge in [0.25, 0.3) is 0 Å². The van der Waals surface area contributed by atoms with E-state index in [1.54, 1.807) is 14.2 Å². The Bertz CT molecular complexity index is 570. The van der Waals surface area contributed by atoms with Crippen LogP contribution in [0.15, 0.2) is 18.2 Å². The Balaban J connectivity index is 2.09. The van der Waals surface area contributed by atoms with Gasteiger partial charge in [-0.25, -0.2) is 4.68 Å². The third kappa shape index (κ3) is 3.91. The number of hydrogen-bond acceptors (Lipinski definition) is 6. The first-order valence-electron chi connectivity index (χ1n) is 6.94. The lowest BCUT2D eigenvalue weighted by molar-refractivity contribution is 0.354. The topological polar surface area (TPSA) is 88.1 Å². The molecule has 0 unspecified atom stereocenters. The van der Waals surface area contributed by atoms with Crippen LogP contribution in [0, 0.1) is 0 Å². The molecule has 2 N–H and O–H groups in total. The lowest BCUT2D eigenvalue weighted by Gasteiger charge is -2.09. The number of unbranched alkanes of at least 4 members (excludes halogenated alkanes) is 1. The van der Waals surface area contributed by atoms with Crippen LogP contribution >= 0.6 is 0 Å². The zero-order valence-corrected chi connectivity index (χ0v) is 12.5. The molecule has 7 nitrogen and oxygen atoms in total. The van der Waals surface area contributed by atoms with Crippen LogP contribution in [0.1, 0.15) is 24.2 Å². The maximum absolute atomic E-state index is 5.50. The van der Waals surface area contributed by atoms with Crippen molar-refractivity contribution in [1.82, 2.24) is 20.2 Å². The molecule has 1 heterocycles. The Labute approximate surface area is 124 Å². The number of benzene rings is 1. The molecule has 0 aliphatic heterocycles. The number of nitrogens with two attached hydrogens (primary N) is 1. The Morgan fingerprint density at radius 1 is 1.14 bits per heavy atom. The molecule has 0 spiro atoms. The van der Waals surface area contributed by atoms with Gasteiger partial charge < -0.3 is 15.2 Å². The minimum absolute atomic E-state index is 0.649. The summed E-state index contributed by atoms with van der Waals surface area (Å²) in [6, 6.07) is 5.81. The van der Waals surface area contributed by atoms with Crippen LogP contribution in [0.4, 0.5) is 0 Å². The summed E-state index contributed by atoms with van der Waals surface area (Å²) in [5.41, 5.74) is 6.57. The average molecular weight is 291 g/mol. The van der Waals surface area contributed by atoms with E-state index < -0.39 is 0 Å². The highest BCUT2D eigenvalue weighted by Crippen LogP contribution is 2.28. The minimum atomic E-state index is 0.649. The molecule has 2 aromatic rings. The van der Waals surface area contributed by atoms with Crippen molar-refractivity contribution in [2.24, 2.45) is 5.73 Å². The van der Waals surface area contributed by atoms with Gasteiger partial charge in [0.15, 0.2) is 17.3 Å². The fraction of sp³-hybridized carbons (Fsp3) is 0.500. The average Bonchev–Trinajstić information content (AvgIpc) is 2.94. The quantitative estimate of drug-likeness (QED) is 0.731. The molecular formula is C14H21N5O2. The van der Waals surface area contributed by atoms with Crippen molar-refractivity contribution in [1.29, 1.82) is 0 Å². The van der Waals surface area contributed by atoms with Crippen LogP contribution in [0.5, 0.6) is 11.5 Å². The maximum atomic E-state index is 5.50. The van der Waals surface area contributed by atoms with E-state index in [-0.39, 0.29) is 0 Å². The monoisotopic (exact) mass is 291 g/mol. The van der Waals surface area contributed by atoms with Gasteiger partial charge in [-0.3, -0.25) is 0 Å². The standard InChI is InChI=1S/C14H21N5O2/c1-20-12-6-5-11(9-13(12)21-2)10-14-16-17-18-19(14)8-4-3-7-15/h5-6,9H,3-4,7-8,10,15H2,1-2H3. The third-order valence-corrected chi connectivity index (χ3v) is 3.24. The molecule has 0 fully saturated rings. The highest BCUT2D eigenvalue weighted by Gasteiger charge is 2.10. The van der Waals surface area contributed by atoms with Crippen molar-refractivity contribution in [2.45, 2.75) is 25.8 Å². The van der Waals surface area contributed by atoms with E-state index in [0.29, 0.717) is 24.5 Å². The van der Waals surface area contributed by atoms with Crippen LogP contribution < -0.4 is 15.2 Å². The molecule has 0 aliphatic carbocycles. The first kappa shape index (κ1) is 15.2. The van der Waals surface area contributed by atoms with Crippen LogP contribution in [-0.4, -0.2) is 41.0 Å². The highest BCUT2D eigenvalue weighted by molar-refractivity contribution is 5.43. The summed E-state index contributed by atoms with van der Waals surface area (Å²) in [5, 5.41) is 11.9. The summed E-state index contributed by atoms with van der Waals surface area (Å²) < 4.78 is 12.4. The van der Waals surface area contributed by atoms with Gasteiger partial charge in [-0.1, -0.05) is 6.07 Å². The van der Waals surface area contributed by atoms with Gasteiger partial charge >= 0.3 is 0 Å². The molecule has 0 aliphatic rings. The molecule has 2 rings (SSSR count). The van der Waals surface area contributed by atoms with E-state index in [0.717, 1.165) is 30.8 Å².